The van der Waals surface area contributed by atoms with E-state index >= 15 is 0 Å². The van der Waals surface area contributed by atoms with E-state index in [1.807, 2.05) is 0 Å². The molecule has 0 spiro atoms. The van der Waals surface area contributed by atoms with Crippen molar-refractivity contribution >= 4 is 0 Å². The minimum atomic E-state index is 0.631. The van der Waals surface area contributed by atoms with E-state index in [-0.39, 0.29) is 0 Å². The van der Waals surface area contributed by atoms with Crippen LogP contribution in [0.2, 0.25) is 0 Å². The van der Waals surface area contributed by atoms with Crippen LogP contribution in [0.25, 0.3) is 0 Å². The summed E-state index contributed by atoms with van der Waals surface area (Å²) in [5, 5.41) is 3.65. The van der Waals surface area contributed by atoms with Gasteiger partial charge in [0.1, 0.15) is 0 Å². The maximum absolute atomic E-state index is 3.65. The quantitative estimate of drug-likeness (QED) is 0.775. The number of nitrogens with zero attached hydrogens (tertiary/aromatic N) is 1. The number of likely N-dealkylation sites (tertiary alicyclic amines) is 1. The van der Waals surface area contributed by atoms with Crippen molar-refractivity contribution in [1.29, 1.82) is 0 Å². The van der Waals surface area contributed by atoms with Gasteiger partial charge in [0.15, 0.2) is 0 Å². The molecule has 1 aliphatic rings. The van der Waals surface area contributed by atoms with Gasteiger partial charge in [-0.2, -0.15) is 0 Å². The lowest BCUT2D eigenvalue weighted by Crippen LogP contribution is -2.46. The van der Waals surface area contributed by atoms with E-state index in [0.29, 0.717) is 12.1 Å². The van der Waals surface area contributed by atoms with Gasteiger partial charge in [0.05, 0.1) is 0 Å². The molecule has 1 N–H and O–H groups in total. The van der Waals surface area contributed by atoms with Crippen molar-refractivity contribution < 1.29 is 0 Å². The van der Waals surface area contributed by atoms with E-state index in [9.17, 15) is 0 Å². The Morgan fingerprint density at radius 1 is 1.12 bits per heavy atom. The Bertz CT molecular complexity index is 183. The molecule has 0 aromatic carbocycles. The van der Waals surface area contributed by atoms with Gasteiger partial charge >= 0.3 is 0 Å². The highest BCUT2D eigenvalue weighted by Gasteiger charge is 2.20. The maximum Gasteiger partial charge on any atom is 0.0192 e. The average molecular weight is 226 g/mol. The molecule has 0 saturated carbocycles. The van der Waals surface area contributed by atoms with Crippen molar-refractivity contribution in [2.75, 3.05) is 19.6 Å². The predicted octanol–water partition coefficient (Wildman–Crippen LogP) is 2.74. The minimum absolute atomic E-state index is 0.631. The van der Waals surface area contributed by atoms with Crippen LogP contribution >= 0.6 is 0 Å². The number of nitrogens with one attached hydrogen (secondary N) is 1. The van der Waals surface area contributed by atoms with Crippen molar-refractivity contribution in [3.05, 3.63) is 0 Å². The highest BCUT2D eigenvalue weighted by atomic mass is 15.2. The first-order chi connectivity index (χ1) is 7.50. The first-order valence-electron chi connectivity index (χ1n) is 6.98. The molecule has 1 heterocycles. The number of hydrogen-bond donors (Lipinski definition) is 1. The molecule has 1 fully saturated rings. The average Bonchev–Trinajstić information content (AvgIpc) is 2.26. The summed E-state index contributed by atoms with van der Waals surface area (Å²) in [6.07, 6.45) is 2.76. The van der Waals surface area contributed by atoms with E-state index < -0.39 is 0 Å². The van der Waals surface area contributed by atoms with Gasteiger partial charge in [0.2, 0.25) is 0 Å². The van der Waals surface area contributed by atoms with Crippen molar-refractivity contribution in [3.8, 4) is 0 Å². The van der Waals surface area contributed by atoms with Crippen LogP contribution in [0, 0.1) is 11.8 Å². The first kappa shape index (κ1) is 14.0. The Kier molecular flexibility index (Phi) is 5.77. The van der Waals surface area contributed by atoms with Crippen LogP contribution in [0.5, 0.6) is 0 Å². The van der Waals surface area contributed by atoms with Crippen molar-refractivity contribution in [1.82, 2.24) is 10.2 Å². The molecular weight excluding hydrogens is 196 g/mol. The Morgan fingerprint density at radius 3 is 2.19 bits per heavy atom. The monoisotopic (exact) mass is 226 g/mol. The molecule has 0 aliphatic carbocycles. The molecule has 0 radical (unpaired) electrons. The Balaban J connectivity index is 2.22. The van der Waals surface area contributed by atoms with Gasteiger partial charge in [-0.1, -0.05) is 20.8 Å². The molecule has 0 aromatic rings. The Hall–Kier alpha value is -0.0800. The summed E-state index contributed by atoms with van der Waals surface area (Å²) in [6, 6.07) is 1.32. The summed E-state index contributed by atoms with van der Waals surface area (Å²) in [5.41, 5.74) is 0. The van der Waals surface area contributed by atoms with Crippen LogP contribution in [-0.4, -0.2) is 36.6 Å². The fourth-order valence-electron chi connectivity index (χ4n) is 2.19. The van der Waals surface area contributed by atoms with Crippen LogP contribution in [-0.2, 0) is 0 Å². The zero-order valence-electron chi connectivity index (χ0n) is 11.8. The summed E-state index contributed by atoms with van der Waals surface area (Å²) in [4.78, 5) is 2.64. The summed E-state index contributed by atoms with van der Waals surface area (Å²) in [7, 11) is 0. The SMILES string of the molecule is CC1CCN(C(C)CNC(C)C(C)C)CC1. The van der Waals surface area contributed by atoms with Gasteiger partial charge in [-0.25, -0.2) is 0 Å². The topological polar surface area (TPSA) is 15.3 Å². The number of rotatable bonds is 5. The maximum atomic E-state index is 3.65. The molecule has 2 unspecified atom stereocenters. The van der Waals surface area contributed by atoms with Crippen LogP contribution in [0.4, 0.5) is 0 Å². The fraction of sp³-hybridized carbons (Fsp3) is 1.00. The number of piperidine rings is 1. The van der Waals surface area contributed by atoms with Gasteiger partial charge in [0.25, 0.3) is 0 Å². The van der Waals surface area contributed by atoms with Crippen LogP contribution in [0.1, 0.15) is 47.5 Å². The van der Waals surface area contributed by atoms with E-state index in [1.54, 1.807) is 0 Å². The molecule has 16 heavy (non-hydrogen) atoms. The molecule has 0 amide bonds. The van der Waals surface area contributed by atoms with Gasteiger partial charge in [0, 0.05) is 18.6 Å². The summed E-state index contributed by atoms with van der Waals surface area (Å²) in [5.74, 6) is 1.67. The third-order valence-electron chi connectivity index (χ3n) is 4.18. The highest BCUT2D eigenvalue weighted by molar-refractivity contribution is 4.77. The van der Waals surface area contributed by atoms with E-state index in [2.05, 4.69) is 44.8 Å². The van der Waals surface area contributed by atoms with Crippen LogP contribution < -0.4 is 5.32 Å². The first-order valence-corrected chi connectivity index (χ1v) is 6.98. The lowest BCUT2D eigenvalue weighted by Gasteiger charge is -2.35. The summed E-state index contributed by atoms with van der Waals surface area (Å²) in [6.45, 7) is 15.3. The molecule has 2 heteroatoms. The Morgan fingerprint density at radius 2 is 1.69 bits per heavy atom. The van der Waals surface area contributed by atoms with Gasteiger partial charge < -0.3 is 5.32 Å². The molecule has 1 rings (SSSR count). The predicted molar refractivity (Wildman–Crippen MR) is 71.7 cm³/mol. The van der Waals surface area contributed by atoms with E-state index in [4.69, 9.17) is 0 Å². The van der Waals surface area contributed by atoms with E-state index in [1.165, 1.54) is 25.9 Å². The third kappa shape index (κ3) is 4.42. The second kappa shape index (κ2) is 6.61. The second-order valence-electron chi connectivity index (χ2n) is 6.01. The molecule has 2 atom stereocenters. The molecule has 1 aliphatic heterocycles. The normalized spacial score (nSPS) is 23.6. The highest BCUT2D eigenvalue weighted by Crippen LogP contribution is 2.17. The van der Waals surface area contributed by atoms with Crippen molar-refractivity contribution in [2.45, 2.75) is 59.5 Å². The summed E-state index contributed by atoms with van der Waals surface area (Å²) < 4.78 is 0. The Labute approximate surface area is 102 Å². The van der Waals surface area contributed by atoms with Crippen LogP contribution in [0.15, 0.2) is 0 Å². The van der Waals surface area contributed by atoms with Crippen molar-refractivity contribution in [3.63, 3.8) is 0 Å². The fourth-order valence-corrected chi connectivity index (χ4v) is 2.19. The molecule has 96 valence electrons. The largest absolute Gasteiger partial charge is 0.312 e. The molecule has 0 bridgehead atoms. The smallest absolute Gasteiger partial charge is 0.0192 e. The minimum Gasteiger partial charge on any atom is -0.312 e. The molecular formula is C14H30N2. The molecule has 1 saturated heterocycles. The van der Waals surface area contributed by atoms with Crippen molar-refractivity contribution in [2.24, 2.45) is 11.8 Å². The van der Waals surface area contributed by atoms with E-state index in [0.717, 1.165) is 18.4 Å². The molecule has 2 nitrogen and oxygen atoms in total. The number of hydrogen-bond acceptors (Lipinski definition) is 2. The van der Waals surface area contributed by atoms with Crippen LogP contribution in [0.3, 0.4) is 0 Å². The zero-order chi connectivity index (χ0) is 12.1. The van der Waals surface area contributed by atoms with Gasteiger partial charge in [-0.05, 0) is 51.6 Å². The zero-order valence-corrected chi connectivity index (χ0v) is 11.8. The molecule has 0 aromatic heterocycles. The lowest BCUT2D eigenvalue weighted by atomic mass is 9.98. The van der Waals surface area contributed by atoms with Gasteiger partial charge in [-0.15, -0.1) is 0 Å². The third-order valence-corrected chi connectivity index (χ3v) is 4.18. The lowest BCUT2D eigenvalue weighted by molar-refractivity contribution is 0.141. The second-order valence-corrected chi connectivity index (χ2v) is 6.01. The van der Waals surface area contributed by atoms with Gasteiger partial charge in [-0.3, -0.25) is 4.90 Å². The standard InChI is InChI=1S/C14H30N2/c1-11(2)14(5)15-10-13(4)16-8-6-12(3)7-9-16/h11-15H,6-10H2,1-5H3. The summed E-state index contributed by atoms with van der Waals surface area (Å²) >= 11 is 0.